The van der Waals surface area contributed by atoms with Crippen molar-refractivity contribution in [1.82, 2.24) is 4.98 Å². The monoisotopic (exact) mass is 239 g/mol. The van der Waals surface area contributed by atoms with E-state index in [0.717, 1.165) is 12.3 Å². The Morgan fingerprint density at radius 1 is 1.24 bits per heavy atom. The van der Waals surface area contributed by atoms with E-state index >= 15 is 0 Å². The van der Waals surface area contributed by atoms with E-state index in [4.69, 9.17) is 9.31 Å². The van der Waals surface area contributed by atoms with Crippen LogP contribution in [0.3, 0.4) is 0 Å². The standard InChI is InChI=1S/C11H15BFNO3/c1-10(2)11(3,4)17-12(16-10)7-5-9(15)14-6-8(7)13/h5-6H,1-4H3,(H,14,15). The summed E-state index contributed by atoms with van der Waals surface area (Å²) < 4.78 is 24.9. The Balaban J connectivity index is 2.38. The summed E-state index contributed by atoms with van der Waals surface area (Å²) in [6.07, 6.45) is 1.02. The molecule has 4 nitrogen and oxygen atoms in total. The zero-order valence-corrected chi connectivity index (χ0v) is 10.3. The van der Waals surface area contributed by atoms with Crippen LogP contribution in [-0.4, -0.2) is 23.3 Å². The van der Waals surface area contributed by atoms with Crippen molar-refractivity contribution in [1.29, 1.82) is 0 Å². The number of H-pyrrole nitrogens is 1. The summed E-state index contributed by atoms with van der Waals surface area (Å²) in [7, 11) is -0.845. The lowest BCUT2D eigenvalue weighted by Crippen LogP contribution is -2.41. The third-order valence-electron chi connectivity index (χ3n) is 3.41. The van der Waals surface area contributed by atoms with Gasteiger partial charge in [-0.1, -0.05) is 0 Å². The first-order valence-electron chi connectivity index (χ1n) is 5.47. The average Bonchev–Trinajstić information content (AvgIpc) is 2.40. The van der Waals surface area contributed by atoms with Crippen molar-refractivity contribution in [3.63, 3.8) is 0 Å². The quantitative estimate of drug-likeness (QED) is 0.738. The molecule has 1 aromatic heterocycles. The van der Waals surface area contributed by atoms with Gasteiger partial charge in [-0.15, -0.1) is 0 Å². The number of nitrogens with one attached hydrogen (secondary N) is 1. The zero-order valence-electron chi connectivity index (χ0n) is 10.3. The van der Waals surface area contributed by atoms with Crippen molar-refractivity contribution in [3.8, 4) is 0 Å². The van der Waals surface area contributed by atoms with Crippen LogP contribution in [0.15, 0.2) is 17.1 Å². The minimum absolute atomic E-state index is 0.132. The Kier molecular flexibility index (Phi) is 2.67. The largest absolute Gasteiger partial charge is 0.498 e. The fourth-order valence-corrected chi connectivity index (χ4v) is 1.62. The number of aromatic amines is 1. The van der Waals surface area contributed by atoms with E-state index in [1.165, 1.54) is 0 Å². The number of rotatable bonds is 1. The van der Waals surface area contributed by atoms with Crippen LogP contribution >= 0.6 is 0 Å². The minimum atomic E-state index is -0.845. The molecule has 6 heteroatoms. The van der Waals surface area contributed by atoms with Gasteiger partial charge >= 0.3 is 7.12 Å². The summed E-state index contributed by atoms with van der Waals surface area (Å²) in [5.74, 6) is -0.539. The first-order valence-corrected chi connectivity index (χ1v) is 5.47. The van der Waals surface area contributed by atoms with Gasteiger partial charge in [0.25, 0.3) is 0 Å². The van der Waals surface area contributed by atoms with Gasteiger partial charge in [-0.3, -0.25) is 4.79 Å². The second-order valence-electron chi connectivity index (χ2n) is 5.19. The normalized spacial score (nSPS) is 21.8. The van der Waals surface area contributed by atoms with Crippen molar-refractivity contribution in [2.24, 2.45) is 0 Å². The first kappa shape index (κ1) is 12.3. The molecule has 0 saturated carbocycles. The van der Waals surface area contributed by atoms with Gasteiger partial charge in [0.05, 0.1) is 11.2 Å². The molecule has 1 aromatic rings. The lowest BCUT2D eigenvalue weighted by Gasteiger charge is -2.32. The molecule has 1 fully saturated rings. The van der Waals surface area contributed by atoms with Crippen LogP contribution in [0.25, 0.3) is 0 Å². The molecule has 17 heavy (non-hydrogen) atoms. The molecule has 1 aliphatic rings. The zero-order chi connectivity index (χ0) is 12.8. The Hall–Kier alpha value is -1.14. The third-order valence-corrected chi connectivity index (χ3v) is 3.41. The van der Waals surface area contributed by atoms with Gasteiger partial charge in [0.1, 0.15) is 5.82 Å². The van der Waals surface area contributed by atoms with E-state index in [1.54, 1.807) is 0 Å². The van der Waals surface area contributed by atoms with E-state index in [0.29, 0.717) is 0 Å². The van der Waals surface area contributed by atoms with Crippen LogP contribution in [0.4, 0.5) is 4.39 Å². The van der Waals surface area contributed by atoms with Crippen LogP contribution in [0, 0.1) is 5.82 Å². The van der Waals surface area contributed by atoms with E-state index in [2.05, 4.69) is 4.98 Å². The van der Waals surface area contributed by atoms with E-state index in [9.17, 15) is 9.18 Å². The SMILES string of the molecule is CC1(C)OB(c2cc(=O)[nH]cc2F)OC1(C)C. The third kappa shape index (κ3) is 2.02. The Bertz CT molecular complexity index is 482. The molecule has 0 unspecified atom stereocenters. The highest BCUT2D eigenvalue weighted by Gasteiger charge is 2.52. The fraction of sp³-hybridized carbons (Fsp3) is 0.545. The molecule has 92 valence electrons. The van der Waals surface area contributed by atoms with Crippen molar-refractivity contribution in [3.05, 3.63) is 28.4 Å². The van der Waals surface area contributed by atoms with Crippen LogP contribution in [0.2, 0.25) is 0 Å². The summed E-state index contributed by atoms with van der Waals surface area (Å²) >= 11 is 0. The molecule has 0 aliphatic carbocycles. The van der Waals surface area contributed by atoms with Gasteiger partial charge < -0.3 is 14.3 Å². The van der Waals surface area contributed by atoms with Gasteiger partial charge in [0.15, 0.2) is 0 Å². The van der Waals surface area contributed by atoms with Gasteiger partial charge in [0.2, 0.25) is 5.56 Å². The number of hydrogen-bond acceptors (Lipinski definition) is 3. The van der Waals surface area contributed by atoms with Crippen LogP contribution in [0.1, 0.15) is 27.7 Å². The highest BCUT2D eigenvalue weighted by atomic mass is 19.1. The molecule has 0 atom stereocenters. The number of hydrogen-bond donors (Lipinski definition) is 1. The maximum absolute atomic E-state index is 13.6. The van der Waals surface area contributed by atoms with Crippen molar-refractivity contribution in [2.75, 3.05) is 0 Å². The Morgan fingerprint density at radius 2 is 1.76 bits per heavy atom. The molecule has 0 radical (unpaired) electrons. The minimum Gasteiger partial charge on any atom is -0.399 e. The molecule has 1 N–H and O–H groups in total. The van der Waals surface area contributed by atoms with Crippen molar-refractivity contribution >= 4 is 12.6 Å². The highest BCUT2D eigenvalue weighted by molar-refractivity contribution is 6.62. The summed E-state index contributed by atoms with van der Waals surface area (Å²) in [5, 5.41) is 0. The van der Waals surface area contributed by atoms with Crippen LogP contribution < -0.4 is 11.0 Å². The molecule has 1 aliphatic heterocycles. The predicted molar refractivity (Wildman–Crippen MR) is 62.7 cm³/mol. The Labute approximate surface area is 99.3 Å². The summed E-state index contributed by atoms with van der Waals surface area (Å²) in [4.78, 5) is 13.5. The molecule has 2 rings (SSSR count). The topological polar surface area (TPSA) is 51.3 Å². The van der Waals surface area contributed by atoms with Gasteiger partial charge in [-0.25, -0.2) is 4.39 Å². The van der Waals surface area contributed by atoms with E-state index in [1.807, 2.05) is 27.7 Å². The summed E-state index contributed by atoms with van der Waals surface area (Å²) in [5.41, 5.74) is -1.34. The molecule has 0 bridgehead atoms. The molecule has 0 aromatic carbocycles. The molecule has 1 saturated heterocycles. The number of aromatic nitrogens is 1. The highest BCUT2D eigenvalue weighted by Crippen LogP contribution is 2.36. The average molecular weight is 239 g/mol. The predicted octanol–water partition coefficient (Wildman–Crippen LogP) is 0.813. The number of pyridine rings is 1. The second kappa shape index (κ2) is 3.68. The van der Waals surface area contributed by atoms with E-state index in [-0.39, 0.29) is 11.0 Å². The lowest BCUT2D eigenvalue weighted by molar-refractivity contribution is 0.00578. The second-order valence-corrected chi connectivity index (χ2v) is 5.19. The maximum atomic E-state index is 13.6. The van der Waals surface area contributed by atoms with Gasteiger partial charge in [0, 0.05) is 17.7 Å². The van der Waals surface area contributed by atoms with Gasteiger partial charge in [-0.05, 0) is 27.7 Å². The molecular formula is C11H15BFNO3. The molecular weight excluding hydrogens is 224 g/mol. The Morgan fingerprint density at radius 3 is 2.29 bits per heavy atom. The van der Waals surface area contributed by atoms with Crippen molar-refractivity contribution in [2.45, 2.75) is 38.9 Å². The first-order chi connectivity index (χ1) is 7.73. The molecule has 0 spiro atoms. The lowest BCUT2D eigenvalue weighted by atomic mass is 9.79. The molecule has 0 amide bonds. The van der Waals surface area contributed by atoms with Crippen molar-refractivity contribution < 1.29 is 13.7 Å². The van der Waals surface area contributed by atoms with E-state index < -0.39 is 24.1 Å². The van der Waals surface area contributed by atoms with Crippen LogP contribution in [0.5, 0.6) is 0 Å². The maximum Gasteiger partial charge on any atom is 0.498 e. The smallest absolute Gasteiger partial charge is 0.399 e. The molecule has 2 heterocycles. The summed E-state index contributed by atoms with van der Waals surface area (Å²) in [6, 6.07) is 1.16. The summed E-state index contributed by atoms with van der Waals surface area (Å²) in [6.45, 7) is 7.49. The number of halogens is 1. The van der Waals surface area contributed by atoms with Crippen LogP contribution in [-0.2, 0) is 9.31 Å². The van der Waals surface area contributed by atoms with Gasteiger partial charge in [-0.2, -0.15) is 0 Å². The fourth-order valence-electron chi connectivity index (χ4n) is 1.62.